The van der Waals surface area contributed by atoms with Crippen LogP contribution < -0.4 is 5.32 Å². The van der Waals surface area contributed by atoms with Gasteiger partial charge in [0.05, 0.1) is 0 Å². The molecule has 0 bridgehead atoms. The summed E-state index contributed by atoms with van der Waals surface area (Å²) >= 11 is 0. The molecule has 98 valence electrons. The van der Waals surface area contributed by atoms with E-state index in [4.69, 9.17) is 0 Å². The Morgan fingerprint density at radius 1 is 1.28 bits per heavy atom. The zero-order valence-corrected chi connectivity index (χ0v) is 11.5. The fraction of sp³-hybridized carbons (Fsp3) is 0.625. The Labute approximate surface area is 110 Å². The molecule has 1 aromatic rings. The van der Waals surface area contributed by atoms with Gasteiger partial charge in [0.1, 0.15) is 0 Å². The van der Waals surface area contributed by atoms with Crippen molar-refractivity contribution in [1.29, 1.82) is 0 Å². The lowest BCUT2D eigenvalue weighted by molar-refractivity contribution is 0.125. The Morgan fingerprint density at radius 2 is 2.06 bits per heavy atom. The van der Waals surface area contributed by atoms with Crippen LogP contribution in [0.2, 0.25) is 0 Å². The highest BCUT2D eigenvalue weighted by Gasteiger charge is 2.35. The molecule has 1 aliphatic carbocycles. The molecule has 2 nitrogen and oxygen atoms in total. The van der Waals surface area contributed by atoms with Gasteiger partial charge in [-0.05, 0) is 43.7 Å². The lowest BCUT2D eigenvalue weighted by atomic mass is 10.0. The quantitative estimate of drug-likeness (QED) is 0.879. The molecule has 1 N–H and O–H groups in total. The van der Waals surface area contributed by atoms with Crippen LogP contribution in [0.1, 0.15) is 30.9 Å². The second kappa shape index (κ2) is 5.02. The molecule has 0 radical (unpaired) electrons. The average molecular weight is 244 g/mol. The molecule has 1 heterocycles. The van der Waals surface area contributed by atoms with E-state index >= 15 is 0 Å². The van der Waals surface area contributed by atoms with Gasteiger partial charge in [0.25, 0.3) is 0 Å². The summed E-state index contributed by atoms with van der Waals surface area (Å²) in [5, 5.41) is 3.72. The molecule has 2 heteroatoms. The first-order chi connectivity index (χ1) is 8.74. The number of hydrogen-bond acceptors (Lipinski definition) is 2. The highest BCUT2D eigenvalue weighted by atomic mass is 15.2. The summed E-state index contributed by atoms with van der Waals surface area (Å²) in [6, 6.07) is 10.2. The normalized spacial score (nSPS) is 29.4. The first kappa shape index (κ1) is 12.2. The summed E-state index contributed by atoms with van der Waals surface area (Å²) in [7, 11) is 0. The predicted molar refractivity (Wildman–Crippen MR) is 75.6 cm³/mol. The van der Waals surface area contributed by atoms with E-state index in [1.165, 1.54) is 30.5 Å². The molecule has 1 aliphatic heterocycles. The Kier molecular flexibility index (Phi) is 3.40. The topological polar surface area (TPSA) is 15.3 Å². The van der Waals surface area contributed by atoms with Crippen LogP contribution >= 0.6 is 0 Å². The van der Waals surface area contributed by atoms with Crippen molar-refractivity contribution in [2.45, 2.75) is 45.3 Å². The predicted octanol–water partition coefficient (Wildman–Crippen LogP) is 2.57. The highest BCUT2D eigenvalue weighted by molar-refractivity contribution is 5.25. The largest absolute Gasteiger partial charge is 0.311 e. The Hall–Kier alpha value is -0.860. The van der Waals surface area contributed by atoms with Crippen LogP contribution in [0.3, 0.4) is 0 Å². The van der Waals surface area contributed by atoms with Crippen molar-refractivity contribution in [3.63, 3.8) is 0 Å². The van der Waals surface area contributed by atoms with Gasteiger partial charge in [-0.15, -0.1) is 0 Å². The van der Waals surface area contributed by atoms with E-state index < -0.39 is 0 Å². The molecule has 0 aromatic heterocycles. The summed E-state index contributed by atoms with van der Waals surface area (Å²) in [5.74, 6) is 0.955. The molecule has 18 heavy (non-hydrogen) atoms. The number of piperazine rings is 1. The van der Waals surface area contributed by atoms with Crippen molar-refractivity contribution in [2.75, 3.05) is 13.1 Å². The number of nitrogens with zero attached hydrogens (tertiary/aromatic N) is 1. The number of benzene rings is 1. The third-order valence-electron chi connectivity index (χ3n) is 4.56. The molecule has 0 spiro atoms. The van der Waals surface area contributed by atoms with E-state index in [1.54, 1.807) is 0 Å². The summed E-state index contributed by atoms with van der Waals surface area (Å²) < 4.78 is 0. The van der Waals surface area contributed by atoms with Gasteiger partial charge >= 0.3 is 0 Å². The maximum Gasteiger partial charge on any atom is 0.0240 e. The van der Waals surface area contributed by atoms with E-state index in [-0.39, 0.29) is 0 Å². The second-order valence-electron chi connectivity index (χ2n) is 6.06. The zero-order valence-electron chi connectivity index (χ0n) is 11.5. The monoisotopic (exact) mass is 244 g/mol. The van der Waals surface area contributed by atoms with Crippen LogP contribution in [-0.2, 0) is 6.54 Å². The summed E-state index contributed by atoms with van der Waals surface area (Å²) in [4.78, 5) is 2.65. The maximum atomic E-state index is 3.72. The van der Waals surface area contributed by atoms with Crippen molar-refractivity contribution in [2.24, 2.45) is 5.92 Å². The van der Waals surface area contributed by atoms with Crippen molar-refractivity contribution in [3.8, 4) is 0 Å². The van der Waals surface area contributed by atoms with Crippen molar-refractivity contribution < 1.29 is 0 Å². The van der Waals surface area contributed by atoms with E-state index in [0.29, 0.717) is 6.04 Å². The van der Waals surface area contributed by atoms with Crippen LogP contribution in [0.4, 0.5) is 0 Å². The van der Waals surface area contributed by atoms with E-state index in [0.717, 1.165) is 25.0 Å². The molecule has 2 atom stereocenters. The standard InChI is InChI=1S/C16H24N2/c1-12-5-3-4-6-15(12)10-18-11-16(14-7-8-14)17-9-13(18)2/h3-6,13-14,16-17H,7-11H2,1-2H3. The molecule has 1 saturated heterocycles. The summed E-state index contributed by atoms with van der Waals surface area (Å²) in [5.41, 5.74) is 2.91. The lowest BCUT2D eigenvalue weighted by Crippen LogP contribution is -2.55. The van der Waals surface area contributed by atoms with Crippen LogP contribution in [0.5, 0.6) is 0 Å². The fourth-order valence-corrected chi connectivity index (χ4v) is 2.99. The summed E-state index contributed by atoms with van der Waals surface area (Å²) in [6.45, 7) is 8.04. The molecule has 2 unspecified atom stereocenters. The highest BCUT2D eigenvalue weighted by Crippen LogP contribution is 2.34. The third kappa shape index (κ3) is 2.60. The van der Waals surface area contributed by atoms with Crippen molar-refractivity contribution in [3.05, 3.63) is 35.4 Å². The number of nitrogens with one attached hydrogen (secondary N) is 1. The number of aryl methyl sites for hydroxylation is 1. The average Bonchev–Trinajstić information content (AvgIpc) is 3.19. The summed E-state index contributed by atoms with van der Waals surface area (Å²) in [6.07, 6.45) is 2.87. The second-order valence-corrected chi connectivity index (χ2v) is 6.06. The molecule has 1 saturated carbocycles. The lowest BCUT2D eigenvalue weighted by Gasteiger charge is -2.39. The zero-order chi connectivity index (χ0) is 12.5. The van der Waals surface area contributed by atoms with Crippen LogP contribution in [0.15, 0.2) is 24.3 Å². The van der Waals surface area contributed by atoms with Crippen molar-refractivity contribution in [1.82, 2.24) is 10.2 Å². The molecule has 2 fully saturated rings. The third-order valence-corrected chi connectivity index (χ3v) is 4.56. The first-order valence-electron chi connectivity index (χ1n) is 7.26. The van der Waals surface area contributed by atoms with E-state index in [9.17, 15) is 0 Å². The Bertz CT molecular complexity index is 411. The molecule has 2 aliphatic rings. The molecule has 0 amide bonds. The number of hydrogen-bond donors (Lipinski definition) is 1. The van der Waals surface area contributed by atoms with Gasteiger partial charge in [0.2, 0.25) is 0 Å². The minimum atomic E-state index is 0.652. The van der Waals surface area contributed by atoms with Crippen LogP contribution in [0.25, 0.3) is 0 Å². The van der Waals surface area contributed by atoms with Crippen LogP contribution in [-0.4, -0.2) is 30.1 Å². The Morgan fingerprint density at radius 3 is 2.78 bits per heavy atom. The first-order valence-corrected chi connectivity index (χ1v) is 7.26. The van der Waals surface area contributed by atoms with Gasteiger partial charge < -0.3 is 5.32 Å². The van der Waals surface area contributed by atoms with Gasteiger partial charge in [-0.2, -0.15) is 0 Å². The smallest absolute Gasteiger partial charge is 0.0240 e. The maximum absolute atomic E-state index is 3.72. The number of rotatable bonds is 3. The molecular formula is C16H24N2. The van der Waals surface area contributed by atoms with E-state index in [1.807, 2.05) is 0 Å². The molecular weight excluding hydrogens is 220 g/mol. The fourth-order valence-electron chi connectivity index (χ4n) is 2.99. The van der Waals surface area contributed by atoms with Crippen LogP contribution in [0, 0.1) is 12.8 Å². The minimum absolute atomic E-state index is 0.652. The van der Waals surface area contributed by atoms with Gasteiger partial charge in [-0.3, -0.25) is 4.90 Å². The molecule has 1 aromatic carbocycles. The van der Waals surface area contributed by atoms with E-state index in [2.05, 4.69) is 48.3 Å². The van der Waals surface area contributed by atoms with Gasteiger partial charge in [-0.25, -0.2) is 0 Å². The SMILES string of the molecule is Cc1ccccc1CN1CC(C2CC2)NCC1C. The van der Waals surface area contributed by atoms with Crippen molar-refractivity contribution >= 4 is 0 Å². The van der Waals surface area contributed by atoms with Gasteiger partial charge in [0.15, 0.2) is 0 Å². The molecule has 3 rings (SSSR count). The Balaban J connectivity index is 1.68. The van der Waals surface area contributed by atoms with Gasteiger partial charge in [0, 0.05) is 31.7 Å². The minimum Gasteiger partial charge on any atom is -0.311 e. The van der Waals surface area contributed by atoms with Gasteiger partial charge in [-0.1, -0.05) is 24.3 Å².